The minimum Gasteiger partial charge on any atom is -0.473 e. The number of anilines is 1. The number of para-hydroxylation sites is 1. The quantitative estimate of drug-likeness (QED) is 0.413. The maximum Gasteiger partial charge on any atom is 0.414 e. The highest BCUT2D eigenvalue weighted by atomic mass is 35.5. The van der Waals surface area contributed by atoms with Crippen LogP contribution in [-0.2, 0) is 20.8 Å². The van der Waals surface area contributed by atoms with Crippen molar-refractivity contribution in [2.45, 2.75) is 6.42 Å². The Morgan fingerprint density at radius 1 is 0.929 bits per heavy atom. The fraction of sp³-hybridized carbons (Fsp3) is 0.167. The number of carboxylic acids is 2. The Bertz CT molecular complexity index is 799. The summed E-state index contributed by atoms with van der Waals surface area (Å²) in [6.07, 6.45) is 0.709. The standard InChI is InChI=1S/C16H15Cl2FN2O.C2H2O4/c17-13-2-1-3-14(18)16(13)21-15(22)10-20-9-8-11-4-6-12(19)7-5-11;3-1(4)2(5)6/h1-7,20H,8-10H2,(H,21,22);(H,3,4)(H,5,6). The molecule has 0 heterocycles. The topological polar surface area (TPSA) is 116 Å². The van der Waals surface area contributed by atoms with E-state index in [9.17, 15) is 9.18 Å². The average Bonchev–Trinajstić information content (AvgIpc) is 2.64. The summed E-state index contributed by atoms with van der Waals surface area (Å²) in [4.78, 5) is 30.0. The number of rotatable bonds is 6. The van der Waals surface area contributed by atoms with Crippen LogP contribution >= 0.6 is 23.2 Å². The molecule has 150 valence electrons. The normalized spacial score (nSPS) is 9.82. The first-order valence-electron chi connectivity index (χ1n) is 7.86. The Kier molecular flexibility index (Phi) is 9.94. The zero-order valence-electron chi connectivity index (χ0n) is 14.4. The highest BCUT2D eigenvalue weighted by Gasteiger charge is 2.09. The zero-order valence-corrected chi connectivity index (χ0v) is 15.9. The summed E-state index contributed by atoms with van der Waals surface area (Å²) in [5.74, 6) is -4.13. The van der Waals surface area contributed by atoms with E-state index in [1.54, 1.807) is 30.3 Å². The third-order valence-corrected chi connectivity index (χ3v) is 3.83. The molecule has 0 bridgehead atoms. The lowest BCUT2D eigenvalue weighted by Crippen LogP contribution is -2.29. The van der Waals surface area contributed by atoms with E-state index in [-0.39, 0.29) is 18.3 Å². The summed E-state index contributed by atoms with van der Waals surface area (Å²) in [5, 5.41) is 21.3. The number of carboxylic acid groups (broad SMARTS) is 2. The van der Waals surface area contributed by atoms with Gasteiger partial charge in [0.2, 0.25) is 5.91 Å². The summed E-state index contributed by atoms with van der Waals surface area (Å²) in [7, 11) is 0. The molecule has 1 amide bonds. The van der Waals surface area contributed by atoms with E-state index in [0.29, 0.717) is 28.7 Å². The predicted molar refractivity (Wildman–Crippen MR) is 103 cm³/mol. The lowest BCUT2D eigenvalue weighted by molar-refractivity contribution is -0.159. The van der Waals surface area contributed by atoms with Gasteiger partial charge in [-0.2, -0.15) is 0 Å². The van der Waals surface area contributed by atoms with Crippen LogP contribution in [0, 0.1) is 5.82 Å². The van der Waals surface area contributed by atoms with Crippen LogP contribution in [0.25, 0.3) is 0 Å². The fourth-order valence-corrected chi connectivity index (χ4v) is 2.38. The van der Waals surface area contributed by atoms with Gasteiger partial charge in [0.1, 0.15) is 5.82 Å². The first-order chi connectivity index (χ1) is 13.2. The van der Waals surface area contributed by atoms with Gasteiger partial charge in [-0.1, -0.05) is 41.4 Å². The van der Waals surface area contributed by atoms with E-state index < -0.39 is 11.9 Å². The number of amides is 1. The highest BCUT2D eigenvalue weighted by molar-refractivity contribution is 6.39. The monoisotopic (exact) mass is 430 g/mol. The molecule has 4 N–H and O–H groups in total. The molecule has 0 aliphatic carbocycles. The number of hydrogen-bond donors (Lipinski definition) is 4. The van der Waals surface area contributed by atoms with E-state index in [4.69, 9.17) is 43.0 Å². The Morgan fingerprint density at radius 2 is 1.46 bits per heavy atom. The van der Waals surface area contributed by atoms with Crippen LogP contribution < -0.4 is 10.6 Å². The van der Waals surface area contributed by atoms with Gasteiger partial charge in [-0.05, 0) is 42.8 Å². The number of carbonyl (C=O) groups is 3. The second kappa shape index (κ2) is 11.9. The molecule has 0 unspecified atom stereocenters. The first-order valence-corrected chi connectivity index (χ1v) is 8.61. The van der Waals surface area contributed by atoms with Gasteiger partial charge in [-0.25, -0.2) is 14.0 Å². The second-order valence-electron chi connectivity index (χ2n) is 5.31. The van der Waals surface area contributed by atoms with E-state index in [0.717, 1.165) is 5.56 Å². The van der Waals surface area contributed by atoms with Gasteiger partial charge in [-0.15, -0.1) is 0 Å². The zero-order chi connectivity index (χ0) is 21.1. The van der Waals surface area contributed by atoms with Crippen molar-refractivity contribution in [1.82, 2.24) is 5.32 Å². The summed E-state index contributed by atoms with van der Waals surface area (Å²) in [6, 6.07) is 11.3. The van der Waals surface area contributed by atoms with E-state index in [1.807, 2.05) is 0 Å². The van der Waals surface area contributed by atoms with Crippen molar-refractivity contribution >= 4 is 46.7 Å². The number of hydrogen-bond acceptors (Lipinski definition) is 4. The SMILES string of the molecule is O=C(CNCCc1ccc(F)cc1)Nc1c(Cl)cccc1Cl.O=C(O)C(=O)O. The van der Waals surface area contributed by atoms with Gasteiger partial charge in [0.25, 0.3) is 0 Å². The molecule has 0 saturated carbocycles. The summed E-state index contributed by atoms with van der Waals surface area (Å²) >= 11 is 12.0. The van der Waals surface area contributed by atoms with E-state index >= 15 is 0 Å². The molecule has 0 aliphatic rings. The maximum absolute atomic E-state index is 12.8. The molecule has 10 heteroatoms. The molecule has 2 aromatic carbocycles. The Labute approximate surface area is 170 Å². The number of halogens is 3. The van der Waals surface area contributed by atoms with Crippen LogP contribution in [-0.4, -0.2) is 41.1 Å². The molecule has 7 nitrogen and oxygen atoms in total. The van der Waals surface area contributed by atoms with Crippen molar-refractivity contribution in [3.05, 3.63) is 63.9 Å². The summed E-state index contributed by atoms with van der Waals surface area (Å²) in [5.41, 5.74) is 1.42. The van der Waals surface area contributed by atoms with Crippen molar-refractivity contribution < 1.29 is 29.0 Å². The maximum atomic E-state index is 12.8. The molecule has 0 fully saturated rings. The van der Waals surface area contributed by atoms with Gasteiger partial charge in [0.05, 0.1) is 22.3 Å². The number of benzene rings is 2. The summed E-state index contributed by atoms with van der Waals surface area (Å²) in [6.45, 7) is 0.748. The third kappa shape index (κ3) is 8.81. The molecule has 0 radical (unpaired) electrons. The van der Waals surface area contributed by atoms with Crippen molar-refractivity contribution in [2.24, 2.45) is 0 Å². The third-order valence-electron chi connectivity index (χ3n) is 3.20. The highest BCUT2D eigenvalue weighted by Crippen LogP contribution is 2.29. The fourth-order valence-electron chi connectivity index (χ4n) is 1.89. The lowest BCUT2D eigenvalue weighted by atomic mass is 10.1. The molecule has 0 saturated heterocycles. The van der Waals surface area contributed by atoms with Gasteiger partial charge < -0.3 is 20.8 Å². The van der Waals surface area contributed by atoms with E-state index in [2.05, 4.69) is 10.6 Å². The van der Waals surface area contributed by atoms with Crippen LogP contribution in [0.2, 0.25) is 10.0 Å². The number of nitrogens with one attached hydrogen (secondary N) is 2. The van der Waals surface area contributed by atoms with Gasteiger partial charge in [0.15, 0.2) is 0 Å². The van der Waals surface area contributed by atoms with Crippen molar-refractivity contribution in [3.63, 3.8) is 0 Å². The predicted octanol–water partition coefficient (Wildman–Crippen LogP) is 3.06. The van der Waals surface area contributed by atoms with Crippen LogP contribution in [0.15, 0.2) is 42.5 Å². The van der Waals surface area contributed by atoms with Gasteiger partial charge in [0, 0.05) is 0 Å². The second-order valence-corrected chi connectivity index (χ2v) is 6.12. The minimum atomic E-state index is -1.82. The average molecular weight is 431 g/mol. The molecule has 0 atom stereocenters. The first kappa shape index (κ1) is 23.4. The molecule has 2 aromatic rings. The smallest absolute Gasteiger partial charge is 0.414 e. The minimum absolute atomic E-state index is 0.142. The molecule has 0 aromatic heterocycles. The summed E-state index contributed by atoms with van der Waals surface area (Å²) < 4.78 is 12.8. The van der Waals surface area contributed by atoms with Crippen molar-refractivity contribution in [2.75, 3.05) is 18.4 Å². The molecule has 28 heavy (non-hydrogen) atoms. The molecular formula is C18H17Cl2FN2O5. The molecule has 0 aliphatic heterocycles. The Balaban J connectivity index is 0.000000568. The molecule has 2 rings (SSSR count). The van der Waals surface area contributed by atoms with Gasteiger partial charge >= 0.3 is 11.9 Å². The molecular weight excluding hydrogens is 414 g/mol. The van der Waals surface area contributed by atoms with Crippen LogP contribution in [0.4, 0.5) is 10.1 Å². The number of aliphatic carboxylic acids is 2. The van der Waals surface area contributed by atoms with Crippen LogP contribution in [0.3, 0.4) is 0 Å². The van der Waals surface area contributed by atoms with Crippen LogP contribution in [0.1, 0.15) is 5.56 Å². The lowest BCUT2D eigenvalue weighted by Gasteiger charge is -2.10. The molecule has 0 spiro atoms. The number of carbonyl (C=O) groups excluding carboxylic acids is 1. The van der Waals surface area contributed by atoms with Gasteiger partial charge in [-0.3, -0.25) is 4.79 Å². The Hall–Kier alpha value is -2.68. The van der Waals surface area contributed by atoms with Crippen molar-refractivity contribution in [1.29, 1.82) is 0 Å². The van der Waals surface area contributed by atoms with E-state index in [1.165, 1.54) is 12.1 Å². The largest absolute Gasteiger partial charge is 0.473 e. The Morgan fingerprint density at radius 3 is 1.96 bits per heavy atom. The van der Waals surface area contributed by atoms with Crippen LogP contribution in [0.5, 0.6) is 0 Å². The van der Waals surface area contributed by atoms with Crippen molar-refractivity contribution in [3.8, 4) is 0 Å².